The van der Waals surface area contributed by atoms with Gasteiger partial charge in [-0.2, -0.15) is 0 Å². The molecule has 1 saturated carbocycles. The molecular weight excluding hydrogens is 322 g/mol. The number of carbonyl (C=O) groups is 1. The first kappa shape index (κ1) is 16.4. The lowest BCUT2D eigenvalue weighted by Gasteiger charge is -2.39. The van der Waals surface area contributed by atoms with Gasteiger partial charge in [-0.1, -0.05) is 13.3 Å². The van der Waals surface area contributed by atoms with Crippen LogP contribution in [0.1, 0.15) is 60.6 Å². The Labute approximate surface area is 155 Å². The number of H-pyrrole nitrogens is 1. The summed E-state index contributed by atoms with van der Waals surface area (Å²) in [5, 5.41) is 1.26. The Kier molecular flexibility index (Phi) is 4.04. The molecule has 1 saturated heterocycles. The molecule has 4 nitrogen and oxygen atoms in total. The second-order valence-electron chi connectivity index (χ2n) is 8.62. The number of piperidine rings is 1. The van der Waals surface area contributed by atoms with Crippen molar-refractivity contribution in [3.63, 3.8) is 0 Å². The zero-order valence-electron chi connectivity index (χ0n) is 15.8. The van der Waals surface area contributed by atoms with Crippen molar-refractivity contribution in [2.24, 2.45) is 5.92 Å². The molecule has 0 bridgehead atoms. The van der Waals surface area contributed by atoms with E-state index in [9.17, 15) is 4.79 Å². The van der Waals surface area contributed by atoms with E-state index in [2.05, 4.69) is 28.9 Å². The van der Waals surface area contributed by atoms with Crippen LogP contribution in [0.15, 0.2) is 18.2 Å². The van der Waals surface area contributed by atoms with E-state index in [1.807, 2.05) is 11.0 Å². The fraction of sp³-hybridized carbons (Fsp3) is 0.591. The van der Waals surface area contributed by atoms with Crippen molar-refractivity contribution >= 4 is 16.8 Å². The first-order valence-electron chi connectivity index (χ1n) is 10.4. The van der Waals surface area contributed by atoms with Gasteiger partial charge in [0.25, 0.3) is 5.91 Å². The van der Waals surface area contributed by atoms with Gasteiger partial charge in [-0.25, -0.2) is 0 Å². The molecule has 1 amide bonds. The highest BCUT2D eigenvalue weighted by molar-refractivity contribution is 5.99. The van der Waals surface area contributed by atoms with Crippen LogP contribution in [-0.4, -0.2) is 46.4 Å². The predicted octanol–water partition coefficient (Wildman–Crippen LogP) is 3.95. The molecule has 3 heterocycles. The first-order valence-corrected chi connectivity index (χ1v) is 10.4. The van der Waals surface area contributed by atoms with Crippen molar-refractivity contribution in [3.8, 4) is 0 Å². The molecule has 2 aromatic rings. The number of aromatic amines is 1. The van der Waals surface area contributed by atoms with Crippen molar-refractivity contribution in [1.29, 1.82) is 0 Å². The first-order chi connectivity index (χ1) is 12.7. The van der Waals surface area contributed by atoms with E-state index in [-0.39, 0.29) is 5.91 Å². The summed E-state index contributed by atoms with van der Waals surface area (Å²) in [6, 6.07) is 7.05. The van der Waals surface area contributed by atoms with E-state index in [0.29, 0.717) is 0 Å². The topological polar surface area (TPSA) is 39.3 Å². The van der Waals surface area contributed by atoms with Gasteiger partial charge in [0.15, 0.2) is 0 Å². The summed E-state index contributed by atoms with van der Waals surface area (Å²) in [5.41, 5.74) is 4.86. The Bertz CT molecular complexity index is 827. The SMILES string of the molecule is CC1CCN(C(=O)c2ccc3[nH]c4c(c3c2)CN(C2CCC2)CC4)CC1. The maximum atomic E-state index is 13.0. The normalized spacial score (nSPS) is 22.4. The third kappa shape index (κ3) is 2.75. The Morgan fingerprint density at radius 2 is 1.92 bits per heavy atom. The third-order valence-electron chi connectivity index (χ3n) is 6.91. The van der Waals surface area contributed by atoms with Crippen LogP contribution in [-0.2, 0) is 13.0 Å². The van der Waals surface area contributed by atoms with Crippen molar-refractivity contribution < 1.29 is 4.79 Å². The number of amides is 1. The Balaban J connectivity index is 1.43. The molecule has 0 radical (unpaired) electrons. The van der Waals surface area contributed by atoms with Crippen LogP contribution >= 0.6 is 0 Å². The molecule has 1 aromatic heterocycles. The van der Waals surface area contributed by atoms with E-state index in [1.54, 1.807) is 0 Å². The van der Waals surface area contributed by atoms with Crippen molar-refractivity contribution in [2.75, 3.05) is 19.6 Å². The molecule has 0 atom stereocenters. The fourth-order valence-electron chi connectivity index (χ4n) is 4.83. The zero-order chi connectivity index (χ0) is 17.7. The molecule has 1 N–H and O–H groups in total. The zero-order valence-corrected chi connectivity index (χ0v) is 15.8. The Morgan fingerprint density at radius 3 is 2.65 bits per heavy atom. The summed E-state index contributed by atoms with van der Waals surface area (Å²) in [6.45, 7) is 6.30. The molecule has 2 fully saturated rings. The summed E-state index contributed by atoms with van der Waals surface area (Å²) in [4.78, 5) is 21.3. The quantitative estimate of drug-likeness (QED) is 0.890. The van der Waals surface area contributed by atoms with Crippen molar-refractivity contribution in [1.82, 2.24) is 14.8 Å². The minimum Gasteiger partial charge on any atom is -0.358 e. The van der Waals surface area contributed by atoms with Gasteiger partial charge in [-0.05, 0) is 55.4 Å². The van der Waals surface area contributed by atoms with Crippen LogP contribution in [0, 0.1) is 5.92 Å². The molecule has 0 spiro atoms. The number of likely N-dealkylation sites (tertiary alicyclic amines) is 1. The Morgan fingerprint density at radius 1 is 1.12 bits per heavy atom. The van der Waals surface area contributed by atoms with Gasteiger partial charge < -0.3 is 9.88 Å². The van der Waals surface area contributed by atoms with Gasteiger partial charge in [0.05, 0.1) is 0 Å². The lowest BCUT2D eigenvalue weighted by Crippen LogP contribution is -2.42. The minimum absolute atomic E-state index is 0.209. The summed E-state index contributed by atoms with van der Waals surface area (Å²) in [7, 11) is 0. The molecule has 5 rings (SSSR count). The van der Waals surface area contributed by atoms with Crippen molar-refractivity contribution in [2.45, 2.75) is 58.0 Å². The summed E-state index contributed by atoms with van der Waals surface area (Å²) >= 11 is 0. The molecule has 2 aliphatic heterocycles. The summed E-state index contributed by atoms with van der Waals surface area (Å²) < 4.78 is 0. The maximum Gasteiger partial charge on any atom is 0.253 e. The minimum atomic E-state index is 0.209. The number of hydrogen-bond acceptors (Lipinski definition) is 2. The number of nitrogens with zero attached hydrogens (tertiary/aromatic N) is 2. The lowest BCUT2D eigenvalue weighted by atomic mass is 9.89. The second-order valence-corrected chi connectivity index (χ2v) is 8.62. The van der Waals surface area contributed by atoms with Gasteiger partial charge in [0.2, 0.25) is 0 Å². The molecule has 0 unspecified atom stereocenters. The molecule has 3 aliphatic rings. The van der Waals surface area contributed by atoms with Gasteiger partial charge in [-0.3, -0.25) is 9.69 Å². The van der Waals surface area contributed by atoms with Crippen LogP contribution in [0.5, 0.6) is 0 Å². The fourth-order valence-corrected chi connectivity index (χ4v) is 4.83. The number of rotatable bonds is 2. The van der Waals surface area contributed by atoms with Crippen LogP contribution in [0.2, 0.25) is 0 Å². The predicted molar refractivity (Wildman–Crippen MR) is 104 cm³/mol. The number of fused-ring (bicyclic) bond motifs is 3. The summed E-state index contributed by atoms with van der Waals surface area (Å²) in [5.74, 6) is 0.955. The standard InChI is InChI=1S/C22H29N3O/c1-15-7-10-24(11-8-15)22(26)16-5-6-20-18(13-16)19-14-25(17-3-2-4-17)12-9-21(19)23-20/h5-6,13,15,17,23H,2-4,7-12,14H2,1H3. The van der Waals surface area contributed by atoms with Gasteiger partial charge in [0.1, 0.15) is 0 Å². The average molecular weight is 351 g/mol. The molecular formula is C22H29N3O. The van der Waals surface area contributed by atoms with E-state index < -0.39 is 0 Å². The molecule has 1 aliphatic carbocycles. The van der Waals surface area contributed by atoms with Crippen LogP contribution < -0.4 is 0 Å². The smallest absolute Gasteiger partial charge is 0.253 e. The number of hydrogen-bond donors (Lipinski definition) is 1. The van der Waals surface area contributed by atoms with Crippen LogP contribution in [0.25, 0.3) is 10.9 Å². The lowest BCUT2D eigenvalue weighted by molar-refractivity contribution is 0.0697. The summed E-state index contributed by atoms with van der Waals surface area (Å²) in [6.07, 6.45) is 7.46. The highest BCUT2D eigenvalue weighted by Crippen LogP contribution is 2.33. The van der Waals surface area contributed by atoms with Crippen LogP contribution in [0.3, 0.4) is 0 Å². The monoisotopic (exact) mass is 351 g/mol. The highest BCUT2D eigenvalue weighted by Gasteiger charge is 2.30. The van der Waals surface area contributed by atoms with E-state index in [0.717, 1.165) is 56.4 Å². The van der Waals surface area contributed by atoms with Gasteiger partial charge in [-0.15, -0.1) is 0 Å². The van der Waals surface area contributed by atoms with Crippen LogP contribution in [0.4, 0.5) is 0 Å². The van der Waals surface area contributed by atoms with Gasteiger partial charge >= 0.3 is 0 Å². The Hall–Kier alpha value is -1.81. The second kappa shape index (κ2) is 6.41. The van der Waals surface area contributed by atoms with Crippen molar-refractivity contribution in [3.05, 3.63) is 35.0 Å². The number of carbonyl (C=O) groups excluding carboxylic acids is 1. The number of aromatic nitrogens is 1. The molecule has 26 heavy (non-hydrogen) atoms. The van der Waals surface area contributed by atoms with E-state index in [4.69, 9.17) is 0 Å². The van der Waals surface area contributed by atoms with E-state index >= 15 is 0 Å². The van der Waals surface area contributed by atoms with Gasteiger partial charge in [0, 0.05) is 60.8 Å². The van der Waals surface area contributed by atoms with E-state index in [1.165, 1.54) is 48.0 Å². The maximum absolute atomic E-state index is 13.0. The third-order valence-corrected chi connectivity index (χ3v) is 6.91. The molecule has 4 heteroatoms. The largest absolute Gasteiger partial charge is 0.358 e. The molecule has 1 aromatic carbocycles. The highest BCUT2D eigenvalue weighted by atomic mass is 16.2. The number of nitrogens with one attached hydrogen (secondary N) is 1. The number of benzene rings is 1. The average Bonchev–Trinajstić information content (AvgIpc) is 2.98. The molecule has 138 valence electrons.